The fourth-order valence-corrected chi connectivity index (χ4v) is 5.38. The van der Waals surface area contributed by atoms with Crippen molar-refractivity contribution in [1.29, 1.82) is 0 Å². The number of carbonyl (C=O) groups is 1. The number of benzene rings is 2. The van der Waals surface area contributed by atoms with Crippen molar-refractivity contribution in [3.05, 3.63) is 53.6 Å². The van der Waals surface area contributed by atoms with Crippen LogP contribution in [-0.2, 0) is 11.2 Å². The lowest BCUT2D eigenvalue weighted by molar-refractivity contribution is -0.122. The van der Waals surface area contributed by atoms with Crippen LogP contribution < -0.4 is 14.4 Å². The summed E-state index contributed by atoms with van der Waals surface area (Å²) >= 11 is 1.89. The molecule has 0 N–H and O–H groups in total. The normalized spacial score (nSPS) is 22.3. The molecule has 2 aromatic rings. The van der Waals surface area contributed by atoms with E-state index in [-0.39, 0.29) is 12.0 Å². The van der Waals surface area contributed by atoms with E-state index in [0.29, 0.717) is 12.2 Å². The average Bonchev–Trinajstić information content (AvgIpc) is 2.73. The molecule has 142 valence electrons. The summed E-state index contributed by atoms with van der Waals surface area (Å²) < 4.78 is 11.1. The number of para-hydroxylation sites is 1. The van der Waals surface area contributed by atoms with E-state index in [1.54, 1.807) is 14.2 Å². The summed E-state index contributed by atoms with van der Waals surface area (Å²) in [4.78, 5) is 15.3. The number of ketones is 1. The molecule has 0 bridgehead atoms. The van der Waals surface area contributed by atoms with Crippen LogP contribution in [0, 0.1) is 5.92 Å². The van der Waals surface area contributed by atoms with E-state index in [0.717, 1.165) is 36.0 Å². The molecule has 0 aliphatic carbocycles. The largest absolute Gasteiger partial charge is 0.493 e. The van der Waals surface area contributed by atoms with E-state index in [4.69, 9.17) is 9.47 Å². The van der Waals surface area contributed by atoms with E-state index in [1.807, 2.05) is 17.8 Å². The summed E-state index contributed by atoms with van der Waals surface area (Å²) in [7, 11) is 3.33. The second kappa shape index (κ2) is 7.85. The Morgan fingerprint density at radius 1 is 1.04 bits per heavy atom. The van der Waals surface area contributed by atoms with Crippen molar-refractivity contribution in [2.45, 2.75) is 18.9 Å². The molecule has 4 nitrogen and oxygen atoms in total. The molecular formula is C22H25NO3S. The Labute approximate surface area is 164 Å². The van der Waals surface area contributed by atoms with Crippen molar-refractivity contribution in [3.63, 3.8) is 0 Å². The molecule has 2 heterocycles. The molecule has 27 heavy (non-hydrogen) atoms. The molecule has 1 fully saturated rings. The van der Waals surface area contributed by atoms with E-state index in [9.17, 15) is 4.79 Å². The first-order valence-corrected chi connectivity index (χ1v) is 10.6. The molecule has 2 atom stereocenters. The molecule has 2 aliphatic rings. The van der Waals surface area contributed by atoms with Gasteiger partial charge in [-0.15, -0.1) is 0 Å². The first-order valence-electron chi connectivity index (χ1n) is 9.40. The maximum Gasteiger partial charge on any atom is 0.161 e. The van der Waals surface area contributed by atoms with Gasteiger partial charge in [0.2, 0.25) is 0 Å². The standard InChI is InChI=1S/C22H25NO3S/c1-25-20-12-15-8-10-23(16-6-4-3-5-7-16)22(17(15)13-21(20)26-2)18-14-27-11-9-19(18)24/h3-7,12-13,18,22H,8-11,14H2,1-2H3/t18-,22+/m0/s1. The minimum atomic E-state index is 0.00103. The lowest BCUT2D eigenvalue weighted by Crippen LogP contribution is -2.44. The van der Waals surface area contributed by atoms with Gasteiger partial charge in [-0.2, -0.15) is 11.8 Å². The molecule has 2 aliphatic heterocycles. The molecule has 1 saturated heterocycles. The fourth-order valence-electron chi connectivity index (χ4n) is 4.25. The Hall–Kier alpha value is -2.14. The Morgan fingerprint density at radius 2 is 1.78 bits per heavy atom. The summed E-state index contributed by atoms with van der Waals surface area (Å²) in [6.07, 6.45) is 1.59. The molecule has 0 radical (unpaired) electrons. The van der Waals surface area contributed by atoms with E-state index >= 15 is 0 Å². The minimum absolute atomic E-state index is 0.00103. The third kappa shape index (κ3) is 3.41. The molecule has 0 aromatic heterocycles. The van der Waals surface area contributed by atoms with Gasteiger partial charge in [-0.3, -0.25) is 4.79 Å². The summed E-state index contributed by atoms with van der Waals surface area (Å²) in [5.74, 6) is 3.68. The number of carbonyl (C=O) groups excluding carboxylic acids is 1. The molecule has 2 aromatic carbocycles. The molecule has 4 rings (SSSR count). The van der Waals surface area contributed by atoms with Crippen LogP contribution in [0.4, 0.5) is 5.69 Å². The molecule has 0 unspecified atom stereocenters. The van der Waals surface area contributed by atoms with Crippen LogP contribution in [0.1, 0.15) is 23.6 Å². The number of methoxy groups -OCH3 is 2. The van der Waals surface area contributed by atoms with Crippen LogP contribution in [0.2, 0.25) is 0 Å². The second-order valence-electron chi connectivity index (χ2n) is 7.03. The van der Waals surface area contributed by atoms with Gasteiger partial charge in [-0.1, -0.05) is 18.2 Å². The van der Waals surface area contributed by atoms with Gasteiger partial charge < -0.3 is 14.4 Å². The maximum absolute atomic E-state index is 12.9. The van der Waals surface area contributed by atoms with Gasteiger partial charge in [-0.05, 0) is 41.8 Å². The van der Waals surface area contributed by atoms with Crippen LogP contribution in [-0.4, -0.2) is 38.1 Å². The number of anilines is 1. The quantitative estimate of drug-likeness (QED) is 0.794. The fraction of sp³-hybridized carbons (Fsp3) is 0.409. The number of hydrogen-bond donors (Lipinski definition) is 0. The van der Waals surface area contributed by atoms with Crippen molar-refractivity contribution < 1.29 is 14.3 Å². The van der Waals surface area contributed by atoms with Crippen LogP contribution in [0.3, 0.4) is 0 Å². The highest BCUT2D eigenvalue weighted by Crippen LogP contribution is 2.45. The van der Waals surface area contributed by atoms with Crippen molar-refractivity contribution in [2.75, 3.05) is 37.2 Å². The predicted molar refractivity (Wildman–Crippen MR) is 110 cm³/mol. The molecule has 0 amide bonds. The van der Waals surface area contributed by atoms with Crippen LogP contribution in [0.15, 0.2) is 42.5 Å². The number of nitrogens with zero attached hydrogens (tertiary/aromatic N) is 1. The van der Waals surface area contributed by atoms with Gasteiger partial charge in [0.05, 0.1) is 26.2 Å². The third-order valence-electron chi connectivity index (χ3n) is 5.59. The highest BCUT2D eigenvalue weighted by molar-refractivity contribution is 7.99. The number of fused-ring (bicyclic) bond motifs is 1. The zero-order valence-electron chi connectivity index (χ0n) is 15.8. The topological polar surface area (TPSA) is 38.8 Å². The summed E-state index contributed by atoms with van der Waals surface area (Å²) in [6, 6.07) is 14.6. The lowest BCUT2D eigenvalue weighted by atomic mass is 9.82. The molecule has 0 saturated carbocycles. The first-order chi connectivity index (χ1) is 13.2. The van der Waals surface area contributed by atoms with E-state index in [2.05, 4.69) is 41.3 Å². The summed E-state index contributed by atoms with van der Waals surface area (Å²) in [6.45, 7) is 0.894. The molecule has 5 heteroatoms. The number of rotatable bonds is 4. The van der Waals surface area contributed by atoms with Gasteiger partial charge >= 0.3 is 0 Å². The molecular weight excluding hydrogens is 358 g/mol. The van der Waals surface area contributed by atoms with Crippen LogP contribution in [0.25, 0.3) is 0 Å². The SMILES string of the molecule is COc1cc2c(cc1OC)[C@H]([C@H]1CSCCC1=O)N(c1ccccc1)CC2. The maximum atomic E-state index is 12.9. The number of hydrogen-bond acceptors (Lipinski definition) is 5. The van der Waals surface area contributed by atoms with E-state index in [1.165, 1.54) is 16.8 Å². The summed E-state index contributed by atoms with van der Waals surface area (Å²) in [5, 5.41) is 0. The Kier molecular flexibility index (Phi) is 5.30. The van der Waals surface area contributed by atoms with Crippen LogP contribution >= 0.6 is 11.8 Å². The van der Waals surface area contributed by atoms with Gasteiger partial charge in [-0.25, -0.2) is 0 Å². The van der Waals surface area contributed by atoms with Crippen molar-refractivity contribution >= 4 is 23.2 Å². The van der Waals surface area contributed by atoms with Gasteiger partial charge in [0, 0.05) is 30.2 Å². The summed E-state index contributed by atoms with van der Waals surface area (Å²) in [5.41, 5.74) is 3.63. The lowest BCUT2D eigenvalue weighted by Gasteiger charge is -2.43. The van der Waals surface area contributed by atoms with Gasteiger partial charge in [0.1, 0.15) is 5.78 Å². The van der Waals surface area contributed by atoms with Crippen molar-refractivity contribution in [2.24, 2.45) is 5.92 Å². The highest BCUT2D eigenvalue weighted by atomic mass is 32.2. The third-order valence-corrected chi connectivity index (χ3v) is 6.68. The first kappa shape index (κ1) is 18.2. The van der Waals surface area contributed by atoms with Gasteiger partial charge in [0.15, 0.2) is 11.5 Å². The average molecular weight is 384 g/mol. The number of Topliss-reactive ketones (excluding diaryl/α,β-unsaturated/α-hetero) is 1. The monoisotopic (exact) mass is 383 g/mol. The Bertz CT molecular complexity index is 824. The second-order valence-corrected chi connectivity index (χ2v) is 8.18. The number of thioether (sulfide) groups is 1. The van der Waals surface area contributed by atoms with Crippen LogP contribution in [0.5, 0.6) is 11.5 Å². The minimum Gasteiger partial charge on any atom is -0.493 e. The zero-order chi connectivity index (χ0) is 18.8. The Morgan fingerprint density at radius 3 is 2.48 bits per heavy atom. The molecule has 0 spiro atoms. The Balaban J connectivity index is 1.83. The smallest absolute Gasteiger partial charge is 0.161 e. The zero-order valence-corrected chi connectivity index (χ0v) is 16.6. The predicted octanol–water partition coefficient (Wildman–Crippen LogP) is 4.13. The van der Waals surface area contributed by atoms with E-state index < -0.39 is 0 Å². The van der Waals surface area contributed by atoms with Crippen molar-refractivity contribution in [3.8, 4) is 11.5 Å². The van der Waals surface area contributed by atoms with Crippen molar-refractivity contribution in [1.82, 2.24) is 0 Å². The highest BCUT2D eigenvalue weighted by Gasteiger charge is 2.39. The van der Waals surface area contributed by atoms with Gasteiger partial charge in [0.25, 0.3) is 0 Å². The number of ether oxygens (including phenoxy) is 2.